The summed E-state index contributed by atoms with van der Waals surface area (Å²) in [5.74, 6) is -1.02. The van der Waals surface area contributed by atoms with Gasteiger partial charge in [-0.15, -0.1) is 0 Å². The largest absolute Gasteiger partial charge is 0.480 e. The van der Waals surface area contributed by atoms with Crippen molar-refractivity contribution in [2.75, 3.05) is 26.7 Å². The van der Waals surface area contributed by atoms with Gasteiger partial charge in [-0.2, -0.15) is 0 Å². The molecule has 0 bridgehead atoms. The van der Waals surface area contributed by atoms with Crippen LogP contribution in [0.3, 0.4) is 0 Å². The fraction of sp³-hybridized carbons (Fsp3) is 0.533. The number of benzene rings is 1. The third kappa shape index (κ3) is 4.76. The lowest BCUT2D eigenvalue weighted by Gasteiger charge is -2.36. The van der Waals surface area contributed by atoms with Gasteiger partial charge in [-0.3, -0.25) is 14.6 Å². The maximum atomic E-state index is 13.2. The molecule has 1 fully saturated rings. The zero-order chi connectivity index (χ0) is 15.4. The van der Waals surface area contributed by atoms with Gasteiger partial charge in [0.2, 0.25) is 0 Å². The monoisotopic (exact) mass is 358 g/mol. The molecule has 1 aromatic carbocycles. The number of aliphatic carboxylic acids is 1. The SMILES string of the molecule is CN(CC(=O)O)C1CCN(Cc2ccc(F)c(Br)c2)CC1. The topological polar surface area (TPSA) is 43.8 Å². The Bertz CT molecular complexity index is 504. The molecule has 116 valence electrons. The smallest absolute Gasteiger partial charge is 0.317 e. The van der Waals surface area contributed by atoms with Gasteiger partial charge in [-0.05, 0) is 66.6 Å². The summed E-state index contributed by atoms with van der Waals surface area (Å²) in [5, 5.41) is 8.82. The number of likely N-dealkylation sites (N-methyl/N-ethyl adjacent to an activating group) is 1. The predicted octanol–water partition coefficient (Wildman–Crippen LogP) is 2.57. The molecule has 0 radical (unpaired) electrons. The maximum Gasteiger partial charge on any atom is 0.317 e. The fourth-order valence-corrected chi connectivity index (χ4v) is 3.18. The van der Waals surface area contributed by atoms with Crippen LogP contribution >= 0.6 is 15.9 Å². The minimum atomic E-state index is -0.781. The van der Waals surface area contributed by atoms with Gasteiger partial charge in [0, 0.05) is 12.6 Å². The molecule has 4 nitrogen and oxygen atoms in total. The number of carboxylic acids is 1. The van der Waals surface area contributed by atoms with Crippen molar-refractivity contribution < 1.29 is 14.3 Å². The van der Waals surface area contributed by atoms with E-state index in [1.807, 2.05) is 24.1 Å². The second-order valence-corrected chi connectivity index (χ2v) is 6.42. The average Bonchev–Trinajstić information content (AvgIpc) is 2.43. The van der Waals surface area contributed by atoms with Crippen LogP contribution in [-0.4, -0.2) is 53.6 Å². The molecule has 0 unspecified atom stereocenters. The zero-order valence-corrected chi connectivity index (χ0v) is 13.6. The normalized spacial score (nSPS) is 17.3. The quantitative estimate of drug-likeness (QED) is 0.878. The number of hydrogen-bond donors (Lipinski definition) is 1. The average molecular weight is 359 g/mol. The van der Waals surface area contributed by atoms with Crippen molar-refractivity contribution in [2.45, 2.75) is 25.4 Å². The lowest BCUT2D eigenvalue weighted by atomic mass is 10.0. The van der Waals surface area contributed by atoms with Crippen LogP contribution in [0, 0.1) is 5.82 Å². The van der Waals surface area contributed by atoms with Gasteiger partial charge in [-0.1, -0.05) is 6.07 Å². The highest BCUT2D eigenvalue weighted by Gasteiger charge is 2.23. The first-order chi connectivity index (χ1) is 9.95. The van der Waals surface area contributed by atoms with Crippen LogP contribution in [0.15, 0.2) is 22.7 Å². The molecule has 1 aromatic rings. The number of piperidine rings is 1. The van der Waals surface area contributed by atoms with E-state index < -0.39 is 5.97 Å². The summed E-state index contributed by atoms with van der Waals surface area (Å²) in [6.07, 6.45) is 1.93. The van der Waals surface area contributed by atoms with Crippen LogP contribution in [-0.2, 0) is 11.3 Å². The van der Waals surface area contributed by atoms with E-state index in [0.717, 1.165) is 38.0 Å². The van der Waals surface area contributed by atoms with Crippen molar-refractivity contribution in [2.24, 2.45) is 0 Å². The fourth-order valence-electron chi connectivity index (χ4n) is 2.76. The molecular weight excluding hydrogens is 339 g/mol. The number of carbonyl (C=O) groups is 1. The molecule has 0 aliphatic carbocycles. The van der Waals surface area contributed by atoms with Gasteiger partial charge < -0.3 is 5.11 Å². The van der Waals surface area contributed by atoms with E-state index in [1.54, 1.807) is 0 Å². The number of nitrogens with zero attached hydrogens (tertiary/aromatic N) is 2. The summed E-state index contributed by atoms with van der Waals surface area (Å²) in [5.41, 5.74) is 1.08. The molecule has 1 aliphatic heterocycles. The minimum absolute atomic E-state index is 0.0928. The Hall–Kier alpha value is -0.980. The van der Waals surface area contributed by atoms with E-state index in [9.17, 15) is 9.18 Å². The van der Waals surface area contributed by atoms with E-state index in [4.69, 9.17) is 5.11 Å². The first kappa shape index (κ1) is 16.4. The van der Waals surface area contributed by atoms with Crippen LogP contribution in [0.25, 0.3) is 0 Å². The summed E-state index contributed by atoms with van der Waals surface area (Å²) in [4.78, 5) is 15.0. The second-order valence-electron chi connectivity index (χ2n) is 5.56. The Balaban J connectivity index is 1.83. The van der Waals surface area contributed by atoms with Gasteiger partial charge in [-0.25, -0.2) is 4.39 Å². The van der Waals surface area contributed by atoms with Crippen LogP contribution in [0.4, 0.5) is 4.39 Å². The number of hydrogen-bond acceptors (Lipinski definition) is 3. The van der Waals surface area contributed by atoms with E-state index in [1.165, 1.54) is 6.07 Å². The van der Waals surface area contributed by atoms with Crippen LogP contribution in [0.1, 0.15) is 18.4 Å². The van der Waals surface area contributed by atoms with E-state index >= 15 is 0 Å². The number of halogens is 2. The predicted molar refractivity (Wildman–Crippen MR) is 82.7 cm³/mol. The summed E-state index contributed by atoms with van der Waals surface area (Å²) in [6, 6.07) is 5.44. The van der Waals surface area contributed by atoms with Crippen LogP contribution in [0.5, 0.6) is 0 Å². The molecule has 21 heavy (non-hydrogen) atoms. The highest BCUT2D eigenvalue weighted by atomic mass is 79.9. The van der Waals surface area contributed by atoms with Gasteiger partial charge >= 0.3 is 5.97 Å². The minimum Gasteiger partial charge on any atom is -0.480 e. The van der Waals surface area contributed by atoms with Gasteiger partial charge in [0.1, 0.15) is 5.82 Å². The van der Waals surface area contributed by atoms with Gasteiger partial charge in [0.05, 0.1) is 11.0 Å². The first-order valence-electron chi connectivity index (χ1n) is 7.04. The van der Waals surface area contributed by atoms with Crippen LogP contribution in [0.2, 0.25) is 0 Å². The van der Waals surface area contributed by atoms with Crippen molar-refractivity contribution >= 4 is 21.9 Å². The standard InChI is InChI=1S/C15H20BrFN2O2/c1-18(10-15(20)21)12-4-6-19(7-5-12)9-11-2-3-14(17)13(16)8-11/h2-3,8,12H,4-7,9-10H2,1H3,(H,20,21). The summed E-state index contributed by atoms with van der Waals surface area (Å²) >= 11 is 3.21. The Kier molecular flexibility index (Phi) is 5.72. The van der Waals surface area contributed by atoms with E-state index in [2.05, 4.69) is 20.8 Å². The van der Waals surface area contributed by atoms with E-state index in [-0.39, 0.29) is 12.4 Å². The molecule has 6 heteroatoms. The third-order valence-corrected chi connectivity index (χ3v) is 4.56. The van der Waals surface area contributed by atoms with Gasteiger partial charge in [0.25, 0.3) is 0 Å². The Labute approximate surface area is 132 Å². The summed E-state index contributed by atoms with van der Waals surface area (Å²) in [6.45, 7) is 2.76. The lowest BCUT2D eigenvalue weighted by molar-refractivity contribution is -0.138. The zero-order valence-electron chi connectivity index (χ0n) is 12.1. The molecular formula is C15H20BrFN2O2. The first-order valence-corrected chi connectivity index (χ1v) is 7.83. The van der Waals surface area contributed by atoms with Crippen molar-refractivity contribution in [3.05, 3.63) is 34.1 Å². The molecule has 0 aromatic heterocycles. The van der Waals surface area contributed by atoms with Crippen molar-refractivity contribution in [3.8, 4) is 0 Å². The third-order valence-electron chi connectivity index (χ3n) is 3.96. The molecule has 0 atom stereocenters. The highest BCUT2D eigenvalue weighted by molar-refractivity contribution is 9.10. The molecule has 1 saturated heterocycles. The Morgan fingerprint density at radius 2 is 2.14 bits per heavy atom. The molecule has 0 spiro atoms. The Morgan fingerprint density at radius 3 is 2.71 bits per heavy atom. The van der Waals surface area contributed by atoms with Crippen molar-refractivity contribution in [1.82, 2.24) is 9.80 Å². The maximum absolute atomic E-state index is 13.2. The lowest BCUT2D eigenvalue weighted by Crippen LogP contribution is -2.44. The molecule has 1 aliphatic rings. The summed E-state index contributed by atoms with van der Waals surface area (Å²) in [7, 11) is 1.87. The molecule has 0 saturated carbocycles. The summed E-state index contributed by atoms with van der Waals surface area (Å²) < 4.78 is 13.7. The van der Waals surface area contributed by atoms with Crippen LogP contribution < -0.4 is 0 Å². The Morgan fingerprint density at radius 1 is 1.48 bits per heavy atom. The number of likely N-dealkylation sites (tertiary alicyclic amines) is 1. The van der Waals surface area contributed by atoms with Gasteiger partial charge in [0.15, 0.2) is 0 Å². The molecule has 2 rings (SSSR count). The number of carboxylic acid groups (broad SMARTS) is 1. The molecule has 1 heterocycles. The highest BCUT2D eigenvalue weighted by Crippen LogP contribution is 2.21. The molecule has 0 amide bonds. The van der Waals surface area contributed by atoms with Crippen molar-refractivity contribution in [3.63, 3.8) is 0 Å². The number of rotatable bonds is 5. The van der Waals surface area contributed by atoms with E-state index in [0.29, 0.717) is 10.5 Å². The molecule has 1 N–H and O–H groups in total. The second kappa shape index (κ2) is 7.33. The van der Waals surface area contributed by atoms with Crippen molar-refractivity contribution in [1.29, 1.82) is 0 Å².